The molecule has 2 aromatic carbocycles. The second-order valence-corrected chi connectivity index (χ2v) is 6.99. The number of carbonyl (C=O) groups excluding carboxylic acids is 1. The van der Waals surface area contributed by atoms with Crippen molar-refractivity contribution < 1.29 is 14.6 Å². The van der Waals surface area contributed by atoms with Gasteiger partial charge in [-0.25, -0.2) is 4.98 Å². The Hall–Kier alpha value is -3.06. The van der Waals surface area contributed by atoms with Gasteiger partial charge < -0.3 is 20.5 Å². The molecular weight excluding hydrogens is 350 g/mol. The van der Waals surface area contributed by atoms with Gasteiger partial charge in [-0.05, 0) is 29.8 Å². The van der Waals surface area contributed by atoms with Gasteiger partial charge in [-0.3, -0.25) is 4.79 Å². The largest absolute Gasteiger partial charge is 0.504 e. The van der Waals surface area contributed by atoms with Crippen molar-refractivity contribution in [3.63, 3.8) is 0 Å². The number of phenols is 1. The van der Waals surface area contributed by atoms with Gasteiger partial charge in [0.25, 0.3) is 0 Å². The fourth-order valence-corrected chi connectivity index (χ4v) is 4.07. The molecule has 132 valence electrons. The van der Waals surface area contributed by atoms with Gasteiger partial charge >= 0.3 is 0 Å². The average Bonchev–Trinajstić information content (AvgIpc) is 3.04. The molecule has 0 radical (unpaired) electrons. The minimum atomic E-state index is -0.128. The van der Waals surface area contributed by atoms with Crippen LogP contribution in [0.2, 0.25) is 0 Å². The van der Waals surface area contributed by atoms with Gasteiger partial charge in [0.2, 0.25) is 5.91 Å². The van der Waals surface area contributed by atoms with Crippen LogP contribution in [-0.2, 0) is 4.79 Å². The maximum absolute atomic E-state index is 12.2. The molecule has 0 aliphatic carbocycles. The summed E-state index contributed by atoms with van der Waals surface area (Å²) in [6, 6.07) is 14.9. The molecule has 1 aromatic heterocycles. The highest BCUT2D eigenvalue weighted by molar-refractivity contribution is 7.16. The second-order valence-electron chi connectivity index (χ2n) is 5.96. The summed E-state index contributed by atoms with van der Waals surface area (Å²) in [4.78, 5) is 17.7. The van der Waals surface area contributed by atoms with Crippen LogP contribution in [0.3, 0.4) is 0 Å². The Morgan fingerprint density at radius 3 is 2.85 bits per heavy atom. The molecule has 3 N–H and O–H groups in total. The number of hydrogen-bond acceptors (Lipinski definition) is 6. The number of ether oxygens (including phenoxy) is 1. The zero-order chi connectivity index (χ0) is 18.1. The highest BCUT2D eigenvalue weighted by Gasteiger charge is 2.31. The number of aromatic hydroxyl groups is 1. The lowest BCUT2D eigenvalue weighted by atomic mass is 9.91. The van der Waals surface area contributed by atoms with E-state index < -0.39 is 0 Å². The monoisotopic (exact) mass is 367 g/mol. The summed E-state index contributed by atoms with van der Waals surface area (Å²) in [5.74, 6) is 0.847. The van der Waals surface area contributed by atoms with Crippen molar-refractivity contribution in [3.8, 4) is 11.5 Å². The van der Waals surface area contributed by atoms with E-state index in [1.807, 2.05) is 36.4 Å². The van der Waals surface area contributed by atoms with Gasteiger partial charge in [0.1, 0.15) is 5.82 Å². The lowest BCUT2D eigenvalue weighted by Gasteiger charge is -2.22. The van der Waals surface area contributed by atoms with E-state index in [9.17, 15) is 9.90 Å². The number of fused-ring (bicyclic) bond motifs is 1. The molecule has 26 heavy (non-hydrogen) atoms. The Labute approximate surface area is 154 Å². The fourth-order valence-electron chi connectivity index (χ4n) is 3.00. The number of phenolic OH excluding ortho intramolecular Hbond substituents is 1. The van der Waals surface area contributed by atoms with Crippen molar-refractivity contribution in [1.29, 1.82) is 0 Å². The van der Waals surface area contributed by atoms with Crippen LogP contribution in [0.4, 0.5) is 16.6 Å². The summed E-state index contributed by atoms with van der Waals surface area (Å²) < 4.78 is 5.20. The first kappa shape index (κ1) is 16.4. The average molecular weight is 367 g/mol. The molecule has 1 amide bonds. The molecule has 1 atom stereocenters. The van der Waals surface area contributed by atoms with Gasteiger partial charge in [-0.2, -0.15) is 0 Å². The number of amides is 1. The van der Waals surface area contributed by atoms with E-state index in [1.54, 1.807) is 12.1 Å². The zero-order valence-electron chi connectivity index (χ0n) is 14.0. The maximum atomic E-state index is 12.2. The Balaban J connectivity index is 1.70. The van der Waals surface area contributed by atoms with Crippen LogP contribution in [0.25, 0.3) is 0 Å². The molecule has 0 fully saturated rings. The third-order valence-electron chi connectivity index (χ3n) is 4.25. The van der Waals surface area contributed by atoms with Crippen molar-refractivity contribution in [2.24, 2.45) is 0 Å². The number of aromatic nitrogens is 1. The SMILES string of the molecule is COc1cc([C@H]2CC(=O)Nc3nc(Nc4ccccc4)sc32)ccc1O. The van der Waals surface area contributed by atoms with Gasteiger partial charge in [-0.15, -0.1) is 0 Å². The molecule has 0 spiro atoms. The van der Waals surface area contributed by atoms with E-state index in [0.717, 1.165) is 21.3 Å². The number of thiazole rings is 1. The summed E-state index contributed by atoms with van der Waals surface area (Å²) >= 11 is 1.51. The molecule has 0 saturated heterocycles. The molecule has 2 heterocycles. The molecule has 4 rings (SSSR count). The number of anilines is 3. The highest BCUT2D eigenvalue weighted by atomic mass is 32.1. The smallest absolute Gasteiger partial charge is 0.226 e. The van der Waals surface area contributed by atoms with Crippen LogP contribution in [0, 0.1) is 0 Å². The fraction of sp³-hybridized carbons (Fsp3) is 0.158. The van der Waals surface area contributed by atoms with E-state index in [-0.39, 0.29) is 17.6 Å². The molecular formula is C19H17N3O3S. The number of rotatable bonds is 4. The maximum Gasteiger partial charge on any atom is 0.226 e. The van der Waals surface area contributed by atoms with Gasteiger partial charge in [0, 0.05) is 18.0 Å². The highest BCUT2D eigenvalue weighted by Crippen LogP contribution is 2.44. The quantitative estimate of drug-likeness (QED) is 0.647. The number of nitrogens with one attached hydrogen (secondary N) is 2. The number of para-hydroxylation sites is 1. The molecule has 6 nitrogen and oxygen atoms in total. The molecule has 7 heteroatoms. The Bertz CT molecular complexity index is 956. The Morgan fingerprint density at radius 2 is 2.08 bits per heavy atom. The Morgan fingerprint density at radius 1 is 1.27 bits per heavy atom. The first-order chi connectivity index (χ1) is 12.6. The third-order valence-corrected chi connectivity index (χ3v) is 5.33. The third kappa shape index (κ3) is 3.09. The van der Waals surface area contributed by atoms with Crippen LogP contribution in [0.5, 0.6) is 11.5 Å². The Kier molecular flexibility index (Phi) is 4.22. The van der Waals surface area contributed by atoms with Crippen LogP contribution in [0.15, 0.2) is 48.5 Å². The van der Waals surface area contributed by atoms with Crippen molar-refractivity contribution in [2.45, 2.75) is 12.3 Å². The first-order valence-electron chi connectivity index (χ1n) is 8.13. The number of benzene rings is 2. The van der Waals surface area contributed by atoms with E-state index in [1.165, 1.54) is 18.4 Å². The standard InChI is InChI=1S/C19H17N3O3S/c1-25-15-9-11(7-8-14(15)23)13-10-16(24)21-18-17(13)26-19(22-18)20-12-5-3-2-4-6-12/h2-9,13,23H,10H2,1H3,(H,20,22)(H,21,24)/t13-/m1/s1. The predicted octanol–water partition coefficient (Wildman–Crippen LogP) is 4.08. The first-order valence-corrected chi connectivity index (χ1v) is 8.95. The minimum Gasteiger partial charge on any atom is -0.504 e. The molecule has 1 aliphatic heterocycles. The summed E-state index contributed by atoms with van der Waals surface area (Å²) in [5.41, 5.74) is 1.85. The van der Waals surface area contributed by atoms with Crippen molar-refractivity contribution >= 4 is 33.9 Å². The van der Waals surface area contributed by atoms with Crippen molar-refractivity contribution in [1.82, 2.24) is 4.98 Å². The molecule has 0 unspecified atom stereocenters. The van der Waals surface area contributed by atoms with Crippen LogP contribution < -0.4 is 15.4 Å². The molecule has 0 saturated carbocycles. The summed E-state index contributed by atoms with van der Waals surface area (Å²) in [7, 11) is 1.51. The topological polar surface area (TPSA) is 83.5 Å². The number of nitrogens with zero attached hydrogens (tertiary/aromatic N) is 1. The number of methoxy groups -OCH3 is 1. The number of hydrogen-bond donors (Lipinski definition) is 3. The van der Waals surface area contributed by atoms with E-state index in [2.05, 4.69) is 15.6 Å². The normalized spacial score (nSPS) is 15.9. The second kappa shape index (κ2) is 6.68. The van der Waals surface area contributed by atoms with E-state index in [0.29, 0.717) is 18.0 Å². The lowest BCUT2D eigenvalue weighted by molar-refractivity contribution is -0.116. The molecule has 0 bridgehead atoms. The van der Waals surface area contributed by atoms with Gasteiger partial charge in [-0.1, -0.05) is 35.6 Å². The van der Waals surface area contributed by atoms with E-state index >= 15 is 0 Å². The van der Waals surface area contributed by atoms with Crippen LogP contribution in [-0.4, -0.2) is 23.1 Å². The summed E-state index contributed by atoms with van der Waals surface area (Å²) in [5, 5.41) is 16.7. The summed E-state index contributed by atoms with van der Waals surface area (Å²) in [6.07, 6.45) is 0.327. The van der Waals surface area contributed by atoms with Crippen molar-refractivity contribution in [2.75, 3.05) is 17.7 Å². The molecule has 1 aliphatic rings. The van der Waals surface area contributed by atoms with Gasteiger partial charge in [0.05, 0.1) is 12.0 Å². The zero-order valence-corrected chi connectivity index (χ0v) is 14.8. The van der Waals surface area contributed by atoms with Crippen molar-refractivity contribution in [3.05, 3.63) is 59.0 Å². The van der Waals surface area contributed by atoms with E-state index in [4.69, 9.17) is 4.74 Å². The number of carbonyl (C=O) groups is 1. The minimum absolute atomic E-state index is 0.0764. The summed E-state index contributed by atoms with van der Waals surface area (Å²) in [6.45, 7) is 0. The van der Waals surface area contributed by atoms with Crippen LogP contribution in [0.1, 0.15) is 22.8 Å². The predicted molar refractivity (Wildman–Crippen MR) is 102 cm³/mol. The van der Waals surface area contributed by atoms with Crippen LogP contribution >= 0.6 is 11.3 Å². The molecule has 3 aromatic rings. The lowest BCUT2D eigenvalue weighted by Crippen LogP contribution is -2.22. The van der Waals surface area contributed by atoms with Gasteiger partial charge in [0.15, 0.2) is 16.6 Å².